The molecule has 1 saturated heterocycles. The van der Waals surface area contributed by atoms with Crippen molar-refractivity contribution in [3.05, 3.63) is 29.1 Å². The molecule has 2 N–H and O–H groups in total. The van der Waals surface area contributed by atoms with Gasteiger partial charge in [0.25, 0.3) is 0 Å². The molecule has 0 aliphatic carbocycles. The van der Waals surface area contributed by atoms with E-state index >= 15 is 0 Å². The molecular weight excluding hydrogens is 288 g/mol. The van der Waals surface area contributed by atoms with Crippen LogP contribution < -0.4 is 5.32 Å². The Bertz CT molecular complexity index is 492. The summed E-state index contributed by atoms with van der Waals surface area (Å²) in [5, 5.41) is 10.9. The second kappa shape index (κ2) is 7.61. The lowest BCUT2D eigenvalue weighted by atomic mass is 9.96. The van der Waals surface area contributed by atoms with E-state index in [0.717, 1.165) is 55.4 Å². The number of carbonyl (C=O) groups excluding carboxylic acids is 1. The van der Waals surface area contributed by atoms with E-state index in [9.17, 15) is 4.79 Å². The molecule has 116 valence electrons. The van der Waals surface area contributed by atoms with Crippen molar-refractivity contribution < 1.29 is 4.79 Å². The fourth-order valence-electron chi connectivity index (χ4n) is 2.59. The summed E-state index contributed by atoms with van der Waals surface area (Å²) in [7, 11) is 0. The van der Waals surface area contributed by atoms with Gasteiger partial charge in [-0.15, -0.1) is 6.58 Å². The zero-order valence-corrected chi connectivity index (χ0v) is 13.2. The lowest BCUT2D eigenvalue weighted by Crippen LogP contribution is -2.38. The van der Waals surface area contributed by atoms with Gasteiger partial charge in [0.1, 0.15) is 0 Å². The van der Waals surface area contributed by atoms with Gasteiger partial charge in [-0.3, -0.25) is 14.8 Å². The first-order chi connectivity index (χ1) is 10.1. The molecule has 0 bridgehead atoms. The molecule has 1 amide bonds. The Morgan fingerprint density at radius 3 is 2.86 bits per heavy atom. The molecule has 1 aromatic heterocycles. The standard InChI is InChI=1S/C15H23ClN4O/c1-3-4-14(21)17-9-12-5-7-20(8-6-12)10-13-15(16)11(2)18-19-13/h3,12H,1,4-10H2,2H3,(H,17,21)(H,18,19). The van der Waals surface area contributed by atoms with E-state index < -0.39 is 0 Å². The summed E-state index contributed by atoms with van der Waals surface area (Å²) in [5.41, 5.74) is 1.85. The summed E-state index contributed by atoms with van der Waals surface area (Å²) in [6.45, 7) is 9.09. The molecule has 0 atom stereocenters. The molecule has 0 aromatic carbocycles. The molecule has 1 aliphatic rings. The number of aromatic nitrogens is 2. The Hall–Kier alpha value is -1.33. The van der Waals surface area contributed by atoms with Crippen LogP contribution in [0.1, 0.15) is 30.7 Å². The van der Waals surface area contributed by atoms with Crippen molar-refractivity contribution in [3.63, 3.8) is 0 Å². The third-order valence-electron chi connectivity index (χ3n) is 3.94. The number of nitrogens with zero attached hydrogens (tertiary/aromatic N) is 2. The Labute approximate surface area is 130 Å². The van der Waals surface area contributed by atoms with Crippen LogP contribution in [0.15, 0.2) is 12.7 Å². The molecule has 5 nitrogen and oxygen atoms in total. The first kappa shape index (κ1) is 16.0. The minimum atomic E-state index is 0.0613. The predicted molar refractivity (Wildman–Crippen MR) is 84.2 cm³/mol. The van der Waals surface area contributed by atoms with Crippen molar-refractivity contribution in [1.29, 1.82) is 0 Å². The van der Waals surface area contributed by atoms with Gasteiger partial charge in [-0.25, -0.2) is 0 Å². The molecule has 0 spiro atoms. The van der Waals surface area contributed by atoms with E-state index in [1.165, 1.54) is 0 Å². The maximum atomic E-state index is 11.4. The van der Waals surface area contributed by atoms with Gasteiger partial charge in [0.05, 0.1) is 16.4 Å². The first-order valence-corrected chi connectivity index (χ1v) is 7.77. The van der Waals surface area contributed by atoms with Gasteiger partial charge in [0.15, 0.2) is 0 Å². The van der Waals surface area contributed by atoms with Crippen molar-refractivity contribution in [2.45, 2.75) is 32.7 Å². The van der Waals surface area contributed by atoms with Gasteiger partial charge >= 0.3 is 0 Å². The first-order valence-electron chi connectivity index (χ1n) is 7.39. The highest BCUT2D eigenvalue weighted by Crippen LogP contribution is 2.22. The largest absolute Gasteiger partial charge is 0.356 e. The van der Waals surface area contributed by atoms with Crippen molar-refractivity contribution >= 4 is 17.5 Å². The lowest BCUT2D eigenvalue weighted by molar-refractivity contribution is -0.120. The van der Waals surface area contributed by atoms with Crippen LogP contribution in [0.2, 0.25) is 5.02 Å². The van der Waals surface area contributed by atoms with E-state index in [4.69, 9.17) is 11.6 Å². The Morgan fingerprint density at radius 2 is 2.29 bits per heavy atom. The Balaban J connectivity index is 1.72. The normalized spacial score (nSPS) is 16.9. The zero-order valence-electron chi connectivity index (χ0n) is 12.5. The van der Waals surface area contributed by atoms with Crippen LogP contribution in [0.25, 0.3) is 0 Å². The van der Waals surface area contributed by atoms with Crippen molar-refractivity contribution in [2.75, 3.05) is 19.6 Å². The van der Waals surface area contributed by atoms with E-state index in [-0.39, 0.29) is 5.91 Å². The van der Waals surface area contributed by atoms with Crippen LogP contribution in [0.4, 0.5) is 0 Å². The minimum Gasteiger partial charge on any atom is -0.356 e. The van der Waals surface area contributed by atoms with Crippen LogP contribution in [-0.4, -0.2) is 40.6 Å². The number of nitrogens with one attached hydrogen (secondary N) is 2. The molecule has 2 rings (SSSR count). The summed E-state index contributed by atoms with van der Waals surface area (Å²) in [5.74, 6) is 0.623. The Morgan fingerprint density at radius 1 is 1.57 bits per heavy atom. The second-order valence-corrected chi connectivity index (χ2v) is 6.00. The number of piperidine rings is 1. The highest BCUT2D eigenvalue weighted by atomic mass is 35.5. The molecule has 1 aliphatic heterocycles. The summed E-state index contributed by atoms with van der Waals surface area (Å²) < 4.78 is 0. The number of hydrogen-bond donors (Lipinski definition) is 2. The number of rotatable bonds is 6. The van der Waals surface area contributed by atoms with Gasteiger partial charge in [-0.1, -0.05) is 17.7 Å². The highest BCUT2D eigenvalue weighted by Gasteiger charge is 2.21. The van der Waals surface area contributed by atoms with E-state index in [0.29, 0.717) is 12.3 Å². The maximum Gasteiger partial charge on any atom is 0.223 e. The Kier molecular flexibility index (Phi) is 5.82. The maximum absolute atomic E-state index is 11.4. The molecule has 1 aromatic rings. The van der Waals surface area contributed by atoms with Gasteiger partial charge in [-0.05, 0) is 38.8 Å². The summed E-state index contributed by atoms with van der Waals surface area (Å²) in [6.07, 6.45) is 4.22. The molecule has 0 radical (unpaired) electrons. The molecule has 0 unspecified atom stereocenters. The number of hydrogen-bond acceptors (Lipinski definition) is 3. The van der Waals surface area contributed by atoms with Crippen LogP contribution in [-0.2, 0) is 11.3 Å². The van der Waals surface area contributed by atoms with Crippen molar-refractivity contribution in [2.24, 2.45) is 5.92 Å². The van der Waals surface area contributed by atoms with Gasteiger partial charge in [0.2, 0.25) is 5.91 Å². The molecule has 2 heterocycles. The topological polar surface area (TPSA) is 61.0 Å². The van der Waals surface area contributed by atoms with Crippen molar-refractivity contribution in [1.82, 2.24) is 20.4 Å². The van der Waals surface area contributed by atoms with Gasteiger partial charge in [0, 0.05) is 19.5 Å². The van der Waals surface area contributed by atoms with Gasteiger partial charge < -0.3 is 5.32 Å². The van der Waals surface area contributed by atoms with Gasteiger partial charge in [-0.2, -0.15) is 5.10 Å². The molecular formula is C15H23ClN4O. The third kappa shape index (κ3) is 4.58. The number of aryl methyl sites for hydroxylation is 1. The van der Waals surface area contributed by atoms with Crippen LogP contribution in [0.3, 0.4) is 0 Å². The fourth-order valence-corrected chi connectivity index (χ4v) is 2.74. The summed E-state index contributed by atoms with van der Waals surface area (Å²) in [6, 6.07) is 0. The van der Waals surface area contributed by atoms with Crippen molar-refractivity contribution in [3.8, 4) is 0 Å². The fraction of sp³-hybridized carbons (Fsp3) is 0.600. The second-order valence-electron chi connectivity index (χ2n) is 5.63. The molecule has 1 fully saturated rings. The van der Waals surface area contributed by atoms with E-state index in [1.807, 2.05) is 6.92 Å². The number of amides is 1. The zero-order chi connectivity index (χ0) is 15.2. The van der Waals surface area contributed by atoms with E-state index in [1.54, 1.807) is 6.08 Å². The highest BCUT2D eigenvalue weighted by molar-refractivity contribution is 6.31. The molecule has 6 heteroatoms. The average Bonchev–Trinajstić information content (AvgIpc) is 2.79. The average molecular weight is 311 g/mol. The molecule has 0 saturated carbocycles. The third-order valence-corrected chi connectivity index (χ3v) is 4.44. The summed E-state index contributed by atoms with van der Waals surface area (Å²) in [4.78, 5) is 13.8. The monoisotopic (exact) mass is 310 g/mol. The van der Waals surface area contributed by atoms with Crippen LogP contribution in [0.5, 0.6) is 0 Å². The number of halogens is 1. The quantitative estimate of drug-likeness (QED) is 0.792. The number of aromatic amines is 1. The summed E-state index contributed by atoms with van der Waals surface area (Å²) >= 11 is 6.19. The number of H-pyrrole nitrogens is 1. The predicted octanol–water partition coefficient (Wildman–Crippen LogP) is 2.28. The minimum absolute atomic E-state index is 0.0613. The number of carbonyl (C=O) groups is 1. The van der Waals surface area contributed by atoms with E-state index in [2.05, 4.69) is 27.0 Å². The lowest BCUT2D eigenvalue weighted by Gasteiger charge is -2.31. The van der Waals surface area contributed by atoms with Crippen LogP contribution >= 0.6 is 11.6 Å². The number of likely N-dealkylation sites (tertiary alicyclic amines) is 1. The molecule has 21 heavy (non-hydrogen) atoms. The SMILES string of the molecule is C=CCC(=O)NCC1CCN(Cc2n[nH]c(C)c2Cl)CC1. The van der Waals surface area contributed by atoms with Crippen LogP contribution in [0, 0.1) is 12.8 Å². The smallest absolute Gasteiger partial charge is 0.223 e.